The van der Waals surface area contributed by atoms with Gasteiger partial charge in [-0.3, -0.25) is 0 Å². The van der Waals surface area contributed by atoms with E-state index in [9.17, 15) is 17.4 Å². The topological polar surface area (TPSA) is 57.2 Å². The summed E-state index contributed by atoms with van der Waals surface area (Å²) in [6.07, 6.45) is 5.09. The summed E-state index contributed by atoms with van der Waals surface area (Å²) in [6.45, 7) is 0. The quantitative estimate of drug-likeness (QED) is 0.466. The number of hydrogen-bond donors (Lipinski definition) is 0. The van der Waals surface area contributed by atoms with Crippen LogP contribution in [0.15, 0.2) is 87.5 Å². The molecule has 0 spiro atoms. The Kier molecular flexibility index (Phi) is 5.79. The van der Waals surface area contributed by atoms with E-state index in [1.54, 1.807) is 42.5 Å². The van der Waals surface area contributed by atoms with Crippen LogP contribution in [0, 0.1) is 5.82 Å². The number of sulfone groups is 1. The third-order valence-electron chi connectivity index (χ3n) is 3.98. The van der Waals surface area contributed by atoms with Crippen molar-refractivity contribution >= 4 is 33.2 Å². The Bertz CT molecular complexity index is 1060. The molecule has 0 bridgehead atoms. The molecule has 1 unspecified atom stereocenters. The molecule has 27 heavy (non-hydrogen) atoms. The van der Waals surface area contributed by atoms with E-state index in [0.717, 1.165) is 11.1 Å². The van der Waals surface area contributed by atoms with Gasteiger partial charge in [0.05, 0.1) is 4.90 Å². The molecule has 0 amide bonds. The lowest BCUT2D eigenvalue weighted by Crippen LogP contribution is -2.09. The highest BCUT2D eigenvalue weighted by Gasteiger charge is 2.25. The molecule has 0 N–H and O–H groups in total. The van der Waals surface area contributed by atoms with Gasteiger partial charge in [-0.05, 0) is 58.7 Å². The molecular weight excluding hydrogens is 383 g/mol. The van der Waals surface area contributed by atoms with Gasteiger partial charge in [0.1, 0.15) is 17.0 Å². The maximum absolute atomic E-state index is 12.9. The lowest BCUT2D eigenvalue weighted by molar-refractivity contribution is 0.585. The first kappa shape index (κ1) is 19.4. The van der Waals surface area contributed by atoms with Crippen molar-refractivity contribution in [3.8, 4) is 0 Å². The maximum atomic E-state index is 12.9. The SMILES string of the molecule is C[S+]([O-])c1ccccc1S(=O)(=O)c1ccc(/C=C/c2ccc(F)cc2)cc1. The van der Waals surface area contributed by atoms with Gasteiger partial charge in [0.25, 0.3) is 0 Å². The van der Waals surface area contributed by atoms with Gasteiger partial charge < -0.3 is 4.55 Å². The fourth-order valence-electron chi connectivity index (χ4n) is 2.56. The summed E-state index contributed by atoms with van der Waals surface area (Å²) in [5.41, 5.74) is 1.65. The number of rotatable bonds is 5. The van der Waals surface area contributed by atoms with Crippen LogP contribution in [0.1, 0.15) is 11.1 Å². The van der Waals surface area contributed by atoms with Crippen LogP contribution in [0.3, 0.4) is 0 Å². The number of benzene rings is 3. The van der Waals surface area contributed by atoms with Crippen LogP contribution in [0.25, 0.3) is 12.2 Å². The predicted octanol–water partition coefficient (Wildman–Crippen LogP) is 4.57. The second-order valence-corrected chi connectivity index (χ2v) is 9.12. The van der Waals surface area contributed by atoms with Crippen LogP contribution in [0.2, 0.25) is 0 Å². The van der Waals surface area contributed by atoms with E-state index < -0.39 is 21.0 Å². The highest BCUT2D eigenvalue weighted by Crippen LogP contribution is 2.27. The third kappa shape index (κ3) is 4.47. The van der Waals surface area contributed by atoms with Gasteiger partial charge in [-0.15, -0.1) is 0 Å². The summed E-state index contributed by atoms with van der Waals surface area (Å²) < 4.78 is 50.6. The summed E-state index contributed by atoms with van der Waals surface area (Å²) in [6, 6.07) is 18.8. The lowest BCUT2D eigenvalue weighted by atomic mass is 10.1. The van der Waals surface area contributed by atoms with Crippen LogP contribution < -0.4 is 0 Å². The Hall–Kier alpha value is -2.41. The van der Waals surface area contributed by atoms with Crippen molar-refractivity contribution in [1.82, 2.24) is 0 Å². The average molecular weight is 400 g/mol. The molecule has 0 aromatic heterocycles. The highest BCUT2D eigenvalue weighted by molar-refractivity contribution is 7.94. The predicted molar refractivity (Wildman–Crippen MR) is 106 cm³/mol. The Morgan fingerprint density at radius 1 is 0.852 bits per heavy atom. The van der Waals surface area contributed by atoms with E-state index in [1.807, 2.05) is 12.2 Å². The molecular formula is C21H17FO3S2. The fourth-order valence-corrected chi connectivity index (χ4v) is 5.20. The molecule has 3 aromatic carbocycles. The zero-order valence-electron chi connectivity index (χ0n) is 14.5. The molecule has 0 heterocycles. The van der Waals surface area contributed by atoms with Gasteiger partial charge >= 0.3 is 0 Å². The van der Waals surface area contributed by atoms with Gasteiger partial charge in [-0.25, -0.2) is 12.8 Å². The van der Waals surface area contributed by atoms with E-state index in [4.69, 9.17) is 0 Å². The minimum absolute atomic E-state index is 0.0560. The molecule has 0 saturated carbocycles. The van der Waals surface area contributed by atoms with E-state index in [0.29, 0.717) is 0 Å². The first-order valence-corrected chi connectivity index (χ1v) is 11.1. The Morgan fingerprint density at radius 3 is 1.93 bits per heavy atom. The fraction of sp³-hybridized carbons (Fsp3) is 0.0476. The molecule has 0 saturated heterocycles. The van der Waals surface area contributed by atoms with Crippen LogP contribution in [-0.2, 0) is 21.0 Å². The second kappa shape index (κ2) is 8.08. The van der Waals surface area contributed by atoms with E-state index in [-0.39, 0.29) is 20.5 Å². The van der Waals surface area contributed by atoms with E-state index >= 15 is 0 Å². The largest absolute Gasteiger partial charge is 0.612 e. The molecule has 0 aliphatic carbocycles. The molecule has 6 heteroatoms. The smallest absolute Gasteiger partial charge is 0.211 e. The van der Waals surface area contributed by atoms with Crippen molar-refractivity contribution < 1.29 is 17.4 Å². The summed E-state index contributed by atoms with van der Waals surface area (Å²) in [5.74, 6) is -0.296. The third-order valence-corrected chi connectivity index (χ3v) is 6.91. The van der Waals surface area contributed by atoms with Crippen molar-refractivity contribution in [3.63, 3.8) is 0 Å². The van der Waals surface area contributed by atoms with E-state index in [2.05, 4.69) is 0 Å². The van der Waals surface area contributed by atoms with Crippen LogP contribution in [0.4, 0.5) is 4.39 Å². The van der Waals surface area contributed by atoms with Crippen molar-refractivity contribution in [1.29, 1.82) is 0 Å². The van der Waals surface area contributed by atoms with E-state index in [1.165, 1.54) is 36.6 Å². The van der Waals surface area contributed by atoms with Gasteiger partial charge in [0.2, 0.25) is 9.84 Å². The van der Waals surface area contributed by atoms with Crippen LogP contribution in [-0.4, -0.2) is 19.2 Å². The standard InChI is InChI=1S/C21H17FO3S2/c1-26(23)20-4-2-3-5-21(20)27(24,25)19-14-10-17(11-15-19)7-6-16-8-12-18(22)13-9-16/h2-15H,1H3/b7-6+. The molecule has 3 nitrogen and oxygen atoms in total. The van der Waals surface area contributed by atoms with Crippen molar-refractivity contribution in [2.24, 2.45) is 0 Å². The first-order valence-electron chi connectivity index (χ1n) is 8.09. The molecule has 3 rings (SSSR count). The van der Waals surface area contributed by atoms with Crippen molar-refractivity contribution in [3.05, 3.63) is 89.7 Å². The molecule has 138 valence electrons. The van der Waals surface area contributed by atoms with Gasteiger partial charge in [0.15, 0.2) is 4.90 Å². The van der Waals surface area contributed by atoms with Crippen molar-refractivity contribution in [2.75, 3.05) is 6.26 Å². The lowest BCUT2D eigenvalue weighted by Gasteiger charge is -2.11. The normalized spacial score (nSPS) is 13.0. The molecule has 0 aliphatic rings. The minimum Gasteiger partial charge on any atom is -0.612 e. The Balaban J connectivity index is 1.87. The maximum Gasteiger partial charge on any atom is 0.211 e. The Morgan fingerprint density at radius 2 is 1.37 bits per heavy atom. The highest BCUT2D eigenvalue weighted by atomic mass is 32.2. The molecule has 0 radical (unpaired) electrons. The molecule has 3 aromatic rings. The van der Waals surface area contributed by atoms with Crippen LogP contribution in [0.5, 0.6) is 0 Å². The van der Waals surface area contributed by atoms with Crippen molar-refractivity contribution in [2.45, 2.75) is 14.7 Å². The number of hydrogen-bond acceptors (Lipinski definition) is 3. The average Bonchev–Trinajstić information content (AvgIpc) is 2.68. The summed E-state index contributed by atoms with van der Waals surface area (Å²) >= 11 is -1.41. The summed E-state index contributed by atoms with van der Waals surface area (Å²) in [7, 11) is -3.76. The Labute approximate surface area is 161 Å². The monoisotopic (exact) mass is 400 g/mol. The zero-order valence-corrected chi connectivity index (χ0v) is 16.1. The second-order valence-electron chi connectivity index (χ2n) is 5.86. The zero-order chi connectivity index (χ0) is 19.4. The first-order chi connectivity index (χ1) is 12.9. The molecule has 0 fully saturated rings. The summed E-state index contributed by atoms with van der Waals surface area (Å²) in [5, 5.41) is 0. The molecule has 1 atom stereocenters. The van der Waals surface area contributed by atoms with Crippen LogP contribution >= 0.6 is 0 Å². The van der Waals surface area contributed by atoms with Gasteiger partial charge in [-0.1, -0.05) is 48.6 Å². The molecule has 0 aliphatic heterocycles. The minimum atomic E-state index is -3.76. The van der Waals surface area contributed by atoms with Gasteiger partial charge in [0, 0.05) is 0 Å². The van der Waals surface area contributed by atoms with Gasteiger partial charge in [-0.2, -0.15) is 0 Å². The number of halogens is 1. The summed E-state index contributed by atoms with van der Waals surface area (Å²) in [4.78, 5) is 0.484.